The standard InChI is InChI=1S/C13H9ClFNO3/c14-10-6-8(17)2-4-11(10)16-13(19)9-3-1-7(15)5-12(9)18/h1-6,17-18H,(H,16,19). The molecule has 0 aliphatic rings. The summed E-state index contributed by atoms with van der Waals surface area (Å²) in [5.74, 6) is -1.78. The number of phenolic OH excluding ortho intramolecular Hbond substituents is 2. The molecule has 2 rings (SSSR count). The van der Waals surface area contributed by atoms with Crippen LogP contribution in [0.1, 0.15) is 10.4 Å². The normalized spacial score (nSPS) is 10.2. The Bertz CT molecular complexity index is 646. The van der Waals surface area contributed by atoms with Gasteiger partial charge in [-0.1, -0.05) is 11.6 Å². The fraction of sp³-hybridized carbons (Fsp3) is 0. The van der Waals surface area contributed by atoms with E-state index in [0.29, 0.717) is 0 Å². The number of aromatic hydroxyl groups is 2. The van der Waals surface area contributed by atoms with Crippen LogP contribution in [0.5, 0.6) is 11.5 Å². The molecule has 0 aliphatic carbocycles. The van der Waals surface area contributed by atoms with Crippen LogP contribution < -0.4 is 5.32 Å². The second-order valence-electron chi connectivity index (χ2n) is 3.78. The molecular formula is C13H9ClFNO3. The van der Waals surface area contributed by atoms with Gasteiger partial charge in [0.15, 0.2) is 0 Å². The maximum Gasteiger partial charge on any atom is 0.259 e. The van der Waals surface area contributed by atoms with Gasteiger partial charge in [0, 0.05) is 12.1 Å². The molecular weight excluding hydrogens is 273 g/mol. The van der Waals surface area contributed by atoms with Crippen LogP contribution in [0.3, 0.4) is 0 Å². The summed E-state index contributed by atoms with van der Waals surface area (Å²) in [5.41, 5.74) is 0.193. The molecule has 0 unspecified atom stereocenters. The Labute approximate surface area is 113 Å². The van der Waals surface area contributed by atoms with E-state index in [1.807, 2.05) is 0 Å². The Hall–Kier alpha value is -2.27. The van der Waals surface area contributed by atoms with Crippen molar-refractivity contribution in [3.8, 4) is 11.5 Å². The monoisotopic (exact) mass is 281 g/mol. The second-order valence-corrected chi connectivity index (χ2v) is 4.19. The van der Waals surface area contributed by atoms with Gasteiger partial charge in [0.2, 0.25) is 0 Å². The predicted octanol–water partition coefficient (Wildman–Crippen LogP) is 3.14. The highest BCUT2D eigenvalue weighted by Crippen LogP contribution is 2.27. The van der Waals surface area contributed by atoms with Gasteiger partial charge in [-0.2, -0.15) is 0 Å². The van der Waals surface area contributed by atoms with Crippen molar-refractivity contribution >= 4 is 23.2 Å². The molecule has 1 amide bonds. The lowest BCUT2D eigenvalue weighted by Crippen LogP contribution is -2.12. The second kappa shape index (κ2) is 5.16. The van der Waals surface area contributed by atoms with Crippen LogP contribution in [0, 0.1) is 5.82 Å². The minimum absolute atomic E-state index is 0.0346. The van der Waals surface area contributed by atoms with E-state index >= 15 is 0 Å². The number of carbonyl (C=O) groups is 1. The molecule has 0 spiro atoms. The number of amides is 1. The van der Waals surface area contributed by atoms with Crippen molar-refractivity contribution in [2.45, 2.75) is 0 Å². The zero-order valence-corrected chi connectivity index (χ0v) is 10.3. The van der Waals surface area contributed by atoms with Gasteiger partial charge in [-0.15, -0.1) is 0 Å². The molecule has 4 nitrogen and oxygen atoms in total. The van der Waals surface area contributed by atoms with Crippen molar-refractivity contribution < 1.29 is 19.4 Å². The quantitative estimate of drug-likeness (QED) is 0.741. The van der Waals surface area contributed by atoms with Crippen molar-refractivity contribution in [2.75, 3.05) is 5.32 Å². The van der Waals surface area contributed by atoms with Crippen molar-refractivity contribution in [3.63, 3.8) is 0 Å². The molecule has 6 heteroatoms. The molecule has 98 valence electrons. The van der Waals surface area contributed by atoms with Crippen LogP contribution in [-0.4, -0.2) is 16.1 Å². The van der Waals surface area contributed by atoms with Crippen LogP contribution in [0.4, 0.5) is 10.1 Å². The Balaban J connectivity index is 2.25. The molecule has 0 radical (unpaired) electrons. The van der Waals surface area contributed by atoms with Crippen molar-refractivity contribution in [1.29, 1.82) is 0 Å². The van der Waals surface area contributed by atoms with Crippen LogP contribution >= 0.6 is 11.6 Å². The van der Waals surface area contributed by atoms with Gasteiger partial charge >= 0.3 is 0 Å². The van der Waals surface area contributed by atoms with Crippen molar-refractivity contribution in [2.24, 2.45) is 0 Å². The van der Waals surface area contributed by atoms with E-state index in [2.05, 4.69) is 5.32 Å². The third-order valence-electron chi connectivity index (χ3n) is 2.41. The molecule has 0 saturated heterocycles. The summed E-state index contributed by atoms with van der Waals surface area (Å²) in [4.78, 5) is 11.9. The average molecular weight is 282 g/mol. The number of rotatable bonds is 2. The fourth-order valence-corrected chi connectivity index (χ4v) is 1.71. The lowest BCUT2D eigenvalue weighted by atomic mass is 10.1. The van der Waals surface area contributed by atoms with Gasteiger partial charge in [-0.25, -0.2) is 4.39 Å². The van der Waals surface area contributed by atoms with E-state index in [0.717, 1.165) is 18.2 Å². The van der Waals surface area contributed by atoms with Crippen molar-refractivity contribution in [1.82, 2.24) is 0 Å². The summed E-state index contributed by atoms with van der Waals surface area (Å²) >= 11 is 5.83. The zero-order valence-electron chi connectivity index (χ0n) is 9.52. The number of nitrogens with one attached hydrogen (secondary N) is 1. The van der Waals surface area contributed by atoms with Gasteiger partial charge in [-0.3, -0.25) is 4.79 Å². The third-order valence-corrected chi connectivity index (χ3v) is 2.72. The van der Waals surface area contributed by atoms with E-state index in [-0.39, 0.29) is 22.0 Å². The third kappa shape index (κ3) is 2.95. The van der Waals surface area contributed by atoms with Gasteiger partial charge in [-0.05, 0) is 24.3 Å². The Morgan fingerprint density at radius 2 is 1.89 bits per heavy atom. The molecule has 0 atom stereocenters. The average Bonchev–Trinajstić information content (AvgIpc) is 2.32. The molecule has 19 heavy (non-hydrogen) atoms. The molecule has 0 aromatic heterocycles. The highest BCUT2D eigenvalue weighted by molar-refractivity contribution is 6.34. The molecule has 0 bridgehead atoms. The lowest BCUT2D eigenvalue weighted by Gasteiger charge is -2.08. The van der Waals surface area contributed by atoms with Gasteiger partial charge in [0.1, 0.15) is 17.3 Å². The van der Waals surface area contributed by atoms with Crippen molar-refractivity contribution in [3.05, 3.63) is 52.8 Å². The summed E-state index contributed by atoms with van der Waals surface area (Å²) in [6.45, 7) is 0. The minimum Gasteiger partial charge on any atom is -0.508 e. The molecule has 0 fully saturated rings. The van der Waals surface area contributed by atoms with E-state index in [9.17, 15) is 19.4 Å². The Kier molecular flexibility index (Phi) is 3.57. The summed E-state index contributed by atoms with van der Waals surface area (Å²) in [6, 6.07) is 7.10. The molecule has 0 saturated carbocycles. The van der Waals surface area contributed by atoms with E-state index < -0.39 is 17.5 Å². The maximum absolute atomic E-state index is 12.8. The van der Waals surface area contributed by atoms with Gasteiger partial charge < -0.3 is 15.5 Å². The largest absolute Gasteiger partial charge is 0.508 e. The maximum atomic E-state index is 12.8. The first-order valence-corrected chi connectivity index (χ1v) is 5.63. The number of phenols is 2. The smallest absolute Gasteiger partial charge is 0.259 e. The summed E-state index contributed by atoms with van der Waals surface area (Å²) < 4.78 is 12.8. The van der Waals surface area contributed by atoms with Crippen LogP contribution in [0.2, 0.25) is 5.02 Å². The highest BCUT2D eigenvalue weighted by Gasteiger charge is 2.13. The van der Waals surface area contributed by atoms with Crippen LogP contribution in [0.15, 0.2) is 36.4 Å². The summed E-state index contributed by atoms with van der Waals surface area (Å²) in [7, 11) is 0. The van der Waals surface area contributed by atoms with E-state index in [1.54, 1.807) is 0 Å². The summed E-state index contributed by atoms with van der Waals surface area (Å²) in [6.07, 6.45) is 0. The lowest BCUT2D eigenvalue weighted by molar-refractivity contribution is 0.102. The Morgan fingerprint density at radius 1 is 1.16 bits per heavy atom. The summed E-state index contributed by atoms with van der Waals surface area (Å²) in [5, 5.41) is 21.3. The minimum atomic E-state index is -0.642. The molecule has 2 aromatic carbocycles. The molecule has 2 aromatic rings. The van der Waals surface area contributed by atoms with Crippen LogP contribution in [-0.2, 0) is 0 Å². The first-order valence-electron chi connectivity index (χ1n) is 5.26. The number of carbonyl (C=O) groups excluding carboxylic acids is 1. The molecule has 0 aliphatic heterocycles. The van der Waals surface area contributed by atoms with Gasteiger partial charge in [0.25, 0.3) is 5.91 Å². The number of anilines is 1. The van der Waals surface area contributed by atoms with E-state index in [4.69, 9.17) is 11.6 Å². The van der Waals surface area contributed by atoms with Crippen LogP contribution in [0.25, 0.3) is 0 Å². The first-order chi connectivity index (χ1) is 8.97. The topological polar surface area (TPSA) is 69.6 Å². The number of halogens is 2. The first kappa shape index (κ1) is 13.2. The van der Waals surface area contributed by atoms with E-state index in [1.165, 1.54) is 18.2 Å². The Morgan fingerprint density at radius 3 is 2.53 bits per heavy atom. The fourth-order valence-electron chi connectivity index (χ4n) is 1.49. The number of hydrogen-bond acceptors (Lipinski definition) is 3. The zero-order chi connectivity index (χ0) is 14.0. The van der Waals surface area contributed by atoms with Gasteiger partial charge in [0.05, 0.1) is 16.3 Å². The highest BCUT2D eigenvalue weighted by atomic mass is 35.5. The molecule has 3 N–H and O–H groups in total. The molecule has 0 heterocycles. The number of hydrogen-bond donors (Lipinski definition) is 3. The number of benzene rings is 2. The predicted molar refractivity (Wildman–Crippen MR) is 69.1 cm³/mol. The SMILES string of the molecule is O=C(Nc1ccc(O)cc1Cl)c1ccc(F)cc1O.